The summed E-state index contributed by atoms with van der Waals surface area (Å²) in [6.45, 7) is 3.85. The van der Waals surface area contributed by atoms with Gasteiger partial charge < -0.3 is 5.11 Å². The van der Waals surface area contributed by atoms with Crippen molar-refractivity contribution in [1.29, 1.82) is 0 Å². The van der Waals surface area contributed by atoms with Crippen LogP contribution in [0, 0.1) is 13.8 Å². The van der Waals surface area contributed by atoms with E-state index in [0.29, 0.717) is 5.65 Å². The Balaban J connectivity index is 2.60. The molecule has 0 aromatic carbocycles. The van der Waals surface area contributed by atoms with Gasteiger partial charge in [-0.2, -0.15) is 0 Å². The zero-order valence-corrected chi connectivity index (χ0v) is 8.98. The van der Waals surface area contributed by atoms with Gasteiger partial charge in [-0.25, -0.2) is 9.78 Å². The van der Waals surface area contributed by atoms with Gasteiger partial charge >= 0.3 is 5.97 Å². The fraction of sp³-hybridized carbons (Fsp3) is 0.167. The van der Waals surface area contributed by atoms with E-state index in [1.807, 2.05) is 30.4 Å². The molecule has 16 heavy (non-hydrogen) atoms. The quantitative estimate of drug-likeness (QED) is 0.675. The average molecular weight is 214 g/mol. The molecule has 0 amide bonds. The second kappa shape index (κ2) is 2.72. The maximum atomic E-state index is 11.1. The fourth-order valence-electron chi connectivity index (χ4n) is 2.20. The summed E-state index contributed by atoms with van der Waals surface area (Å²) in [6.07, 6.45) is 0. The summed E-state index contributed by atoms with van der Waals surface area (Å²) in [5.74, 6) is -0.928. The molecule has 0 aliphatic rings. The van der Waals surface area contributed by atoms with Crippen LogP contribution in [0.1, 0.15) is 21.6 Å². The standard InChI is InChI=1S/C12H10N2O2/c1-6-3-8-4-7(2)13-11-9(12(15)16)5-10(6)14(8)11/h3-5H,1-2H3,(H,15,16). The summed E-state index contributed by atoms with van der Waals surface area (Å²) >= 11 is 0. The van der Waals surface area contributed by atoms with Gasteiger partial charge in [-0.15, -0.1) is 0 Å². The van der Waals surface area contributed by atoms with Gasteiger partial charge in [-0.1, -0.05) is 0 Å². The molecule has 4 heteroatoms. The molecule has 3 rings (SSSR count). The molecule has 0 spiro atoms. The van der Waals surface area contributed by atoms with Crippen molar-refractivity contribution in [2.24, 2.45) is 0 Å². The first-order chi connectivity index (χ1) is 7.58. The van der Waals surface area contributed by atoms with E-state index in [0.717, 1.165) is 22.3 Å². The van der Waals surface area contributed by atoms with Crippen molar-refractivity contribution in [1.82, 2.24) is 9.38 Å². The van der Waals surface area contributed by atoms with Gasteiger partial charge in [0.2, 0.25) is 0 Å². The molecule has 0 radical (unpaired) electrons. The van der Waals surface area contributed by atoms with Crippen LogP contribution in [0.15, 0.2) is 18.2 Å². The zero-order valence-electron chi connectivity index (χ0n) is 8.98. The molecule has 4 nitrogen and oxygen atoms in total. The van der Waals surface area contributed by atoms with E-state index in [4.69, 9.17) is 5.11 Å². The first-order valence-corrected chi connectivity index (χ1v) is 5.03. The molecule has 3 aromatic heterocycles. The number of nitrogens with zero attached hydrogens (tertiary/aromatic N) is 2. The van der Waals surface area contributed by atoms with Crippen LogP contribution < -0.4 is 0 Å². The average Bonchev–Trinajstić information content (AvgIpc) is 2.69. The normalized spacial score (nSPS) is 11.6. The summed E-state index contributed by atoms with van der Waals surface area (Å²) in [4.78, 5) is 15.4. The number of hydrogen-bond acceptors (Lipinski definition) is 2. The SMILES string of the molecule is Cc1cc2cc(C)c3cc(C(=O)O)c(n1)n23. The van der Waals surface area contributed by atoms with E-state index >= 15 is 0 Å². The van der Waals surface area contributed by atoms with Gasteiger partial charge in [0.15, 0.2) is 5.65 Å². The second-order valence-corrected chi connectivity index (χ2v) is 4.06. The molecule has 1 N–H and O–H groups in total. The number of aromatic nitrogens is 2. The topological polar surface area (TPSA) is 54.6 Å². The summed E-state index contributed by atoms with van der Waals surface area (Å²) in [6, 6.07) is 5.69. The molecule has 0 unspecified atom stereocenters. The third-order valence-corrected chi connectivity index (χ3v) is 2.87. The van der Waals surface area contributed by atoms with Crippen LogP contribution in [0.25, 0.3) is 16.7 Å². The second-order valence-electron chi connectivity index (χ2n) is 4.06. The van der Waals surface area contributed by atoms with Crippen LogP contribution in [-0.4, -0.2) is 20.5 Å². The van der Waals surface area contributed by atoms with Crippen LogP contribution in [0.5, 0.6) is 0 Å². The number of carboxylic acid groups (broad SMARTS) is 1. The number of aryl methyl sites for hydroxylation is 2. The molecule has 3 heterocycles. The Kier molecular flexibility index (Phi) is 1.56. The molecule has 0 saturated carbocycles. The predicted octanol–water partition coefficient (Wildman–Crippen LogP) is 2.24. The zero-order chi connectivity index (χ0) is 11.4. The number of hydrogen-bond donors (Lipinski definition) is 1. The van der Waals surface area contributed by atoms with Crippen molar-refractivity contribution in [2.45, 2.75) is 13.8 Å². The maximum Gasteiger partial charge on any atom is 0.339 e. The summed E-state index contributed by atoms with van der Waals surface area (Å²) < 4.78 is 1.89. The van der Waals surface area contributed by atoms with E-state index in [9.17, 15) is 4.79 Å². The lowest BCUT2D eigenvalue weighted by Gasteiger charge is -1.98. The maximum absolute atomic E-state index is 11.1. The monoisotopic (exact) mass is 214 g/mol. The lowest BCUT2D eigenvalue weighted by atomic mass is 10.2. The number of carboxylic acids is 1. The minimum atomic E-state index is -0.928. The highest BCUT2D eigenvalue weighted by Gasteiger charge is 2.18. The Hall–Kier alpha value is -2.10. The van der Waals surface area contributed by atoms with Crippen molar-refractivity contribution in [3.63, 3.8) is 0 Å². The van der Waals surface area contributed by atoms with Crippen molar-refractivity contribution in [2.75, 3.05) is 0 Å². The Morgan fingerprint density at radius 2 is 2.06 bits per heavy atom. The van der Waals surface area contributed by atoms with E-state index in [1.165, 1.54) is 0 Å². The molecular weight excluding hydrogens is 204 g/mol. The highest BCUT2D eigenvalue weighted by molar-refractivity contribution is 5.99. The molecule has 0 bridgehead atoms. The highest BCUT2D eigenvalue weighted by Crippen LogP contribution is 2.26. The van der Waals surface area contributed by atoms with Crippen LogP contribution in [-0.2, 0) is 0 Å². The van der Waals surface area contributed by atoms with Crippen molar-refractivity contribution >= 4 is 22.6 Å². The van der Waals surface area contributed by atoms with E-state index < -0.39 is 5.97 Å². The van der Waals surface area contributed by atoms with Gasteiger partial charge in [-0.05, 0) is 37.6 Å². The number of carbonyl (C=O) groups is 1. The van der Waals surface area contributed by atoms with E-state index in [-0.39, 0.29) is 5.56 Å². The minimum Gasteiger partial charge on any atom is -0.478 e. The Morgan fingerprint density at radius 3 is 2.75 bits per heavy atom. The summed E-state index contributed by atoms with van der Waals surface area (Å²) in [7, 11) is 0. The first kappa shape index (κ1) is 9.15. The van der Waals surface area contributed by atoms with Crippen LogP contribution in [0.3, 0.4) is 0 Å². The van der Waals surface area contributed by atoms with Crippen molar-refractivity contribution < 1.29 is 9.90 Å². The van der Waals surface area contributed by atoms with Crippen LogP contribution in [0.2, 0.25) is 0 Å². The summed E-state index contributed by atoms with van der Waals surface area (Å²) in [5, 5.41) is 9.12. The Bertz CT molecular complexity index is 707. The molecule has 0 aliphatic heterocycles. The van der Waals surface area contributed by atoms with E-state index in [2.05, 4.69) is 4.98 Å². The molecule has 0 aliphatic carbocycles. The predicted molar refractivity (Wildman–Crippen MR) is 60.3 cm³/mol. The molecular formula is C12H10N2O2. The van der Waals surface area contributed by atoms with Crippen LogP contribution in [0.4, 0.5) is 0 Å². The minimum absolute atomic E-state index is 0.271. The van der Waals surface area contributed by atoms with Gasteiger partial charge in [0.25, 0.3) is 0 Å². The number of aromatic carboxylic acids is 1. The third kappa shape index (κ3) is 0.984. The van der Waals surface area contributed by atoms with Gasteiger partial charge in [0.1, 0.15) is 5.56 Å². The number of rotatable bonds is 1. The van der Waals surface area contributed by atoms with Crippen molar-refractivity contribution in [3.05, 3.63) is 35.0 Å². The van der Waals surface area contributed by atoms with Gasteiger partial charge in [-0.3, -0.25) is 4.40 Å². The molecule has 3 aromatic rings. The van der Waals surface area contributed by atoms with E-state index in [1.54, 1.807) is 6.07 Å². The highest BCUT2D eigenvalue weighted by atomic mass is 16.4. The lowest BCUT2D eigenvalue weighted by molar-refractivity contribution is 0.0699. The lowest BCUT2D eigenvalue weighted by Crippen LogP contribution is -1.98. The molecule has 0 saturated heterocycles. The molecule has 0 fully saturated rings. The largest absolute Gasteiger partial charge is 0.478 e. The Morgan fingerprint density at radius 1 is 1.31 bits per heavy atom. The van der Waals surface area contributed by atoms with Crippen LogP contribution >= 0.6 is 0 Å². The third-order valence-electron chi connectivity index (χ3n) is 2.87. The van der Waals surface area contributed by atoms with Gasteiger partial charge in [0, 0.05) is 11.2 Å². The van der Waals surface area contributed by atoms with Gasteiger partial charge in [0.05, 0.1) is 5.52 Å². The summed E-state index contributed by atoms with van der Waals surface area (Å²) in [5.41, 5.74) is 4.64. The first-order valence-electron chi connectivity index (χ1n) is 5.03. The molecule has 0 atom stereocenters. The fourth-order valence-corrected chi connectivity index (χ4v) is 2.20. The Labute approximate surface area is 91.5 Å². The van der Waals surface area contributed by atoms with Crippen molar-refractivity contribution in [3.8, 4) is 0 Å². The smallest absolute Gasteiger partial charge is 0.339 e. The molecule has 80 valence electrons.